The summed E-state index contributed by atoms with van der Waals surface area (Å²) in [7, 11) is 0.364. The molecule has 0 amide bonds. The van der Waals surface area contributed by atoms with Crippen molar-refractivity contribution in [1.29, 1.82) is 0 Å². The summed E-state index contributed by atoms with van der Waals surface area (Å²) in [5.41, 5.74) is 0.954. The van der Waals surface area contributed by atoms with Crippen molar-refractivity contribution in [1.82, 2.24) is 14.2 Å². The third-order valence-electron chi connectivity index (χ3n) is 5.40. The largest absolute Gasteiger partial charge is 0.459 e. The fraction of sp³-hybridized carbons (Fsp3) is 0.318. The summed E-state index contributed by atoms with van der Waals surface area (Å²) in [6, 6.07) is 14.7. The smallest absolute Gasteiger partial charge is 0.244 e. The van der Waals surface area contributed by atoms with Crippen LogP contribution in [0, 0.1) is 0 Å². The number of sulfonamides is 1. The number of rotatable bonds is 6. The fourth-order valence-corrected chi connectivity index (χ4v) is 4.97. The lowest BCUT2D eigenvalue weighted by molar-refractivity contribution is 0.222. The molecule has 2 aromatic heterocycles. The number of anilines is 1. The van der Waals surface area contributed by atoms with Gasteiger partial charge in [0.25, 0.3) is 0 Å². The second-order valence-electron chi connectivity index (χ2n) is 7.69. The van der Waals surface area contributed by atoms with Crippen LogP contribution >= 0.6 is 11.6 Å². The van der Waals surface area contributed by atoms with Crippen LogP contribution < -0.4 is 4.90 Å². The number of piperazine rings is 1. The average Bonchev–Trinajstić information content (AvgIpc) is 3.23. The van der Waals surface area contributed by atoms with E-state index in [2.05, 4.69) is 9.88 Å². The van der Waals surface area contributed by atoms with Gasteiger partial charge < -0.3 is 14.2 Å². The van der Waals surface area contributed by atoms with Gasteiger partial charge in [0.1, 0.15) is 22.2 Å². The molecule has 0 aliphatic carbocycles. The van der Waals surface area contributed by atoms with Gasteiger partial charge in [-0.3, -0.25) is 0 Å². The molecule has 9 heteroatoms. The second kappa shape index (κ2) is 9.00. The van der Waals surface area contributed by atoms with Gasteiger partial charge in [0.05, 0.1) is 6.54 Å². The van der Waals surface area contributed by atoms with Gasteiger partial charge in [0, 0.05) is 50.0 Å². The highest BCUT2D eigenvalue weighted by Crippen LogP contribution is 2.25. The minimum Gasteiger partial charge on any atom is -0.459 e. The van der Waals surface area contributed by atoms with Crippen molar-refractivity contribution >= 4 is 27.4 Å². The molecule has 1 saturated heterocycles. The summed E-state index contributed by atoms with van der Waals surface area (Å²) in [4.78, 5) is 8.63. The van der Waals surface area contributed by atoms with Crippen molar-refractivity contribution in [3.63, 3.8) is 0 Å². The fourth-order valence-electron chi connectivity index (χ4n) is 3.48. The lowest BCUT2D eigenvalue weighted by Crippen LogP contribution is -2.47. The van der Waals surface area contributed by atoms with Gasteiger partial charge in [-0.05, 0) is 55.6 Å². The van der Waals surface area contributed by atoms with Crippen molar-refractivity contribution in [2.75, 3.05) is 45.2 Å². The molecule has 164 valence electrons. The van der Waals surface area contributed by atoms with Crippen molar-refractivity contribution < 1.29 is 12.8 Å². The van der Waals surface area contributed by atoms with Crippen LogP contribution in [0.1, 0.15) is 5.76 Å². The quantitative estimate of drug-likeness (QED) is 0.560. The number of benzene rings is 1. The number of aromatic nitrogens is 1. The lowest BCUT2D eigenvalue weighted by atomic mass is 10.2. The molecule has 0 N–H and O–H groups in total. The van der Waals surface area contributed by atoms with E-state index < -0.39 is 10.0 Å². The summed E-state index contributed by atoms with van der Waals surface area (Å²) >= 11 is 5.94. The minimum absolute atomic E-state index is 0.220. The summed E-state index contributed by atoms with van der Waals surface area (Å²) in [6.45, 7) is 2.96. The lowest BCUT2D eigenvalue weighted by Gasteiger charge is -2.31. The van der Waals surface area contributed by atoms with Gasteiger partial charge in [0.2, 0.25) is 10.0 Å². The number of pyridine rings is 1. The first-order valence-electron chi connectivity index (χ1n) is 10.0. The number of halogens is 1. The Labute approximate surface area is 187 Å². The summed E-state index contributed by atoms with van der Waals surface area (Å²) in [5.74, 6) is 2.21. The molecule has 3 aromatic rings. The predicted octanol–water partition coefficient (Wildman–Crippen LogP) is 3.57. The normalized spacial score (nSPS) is 15.8. The Morgan fingerprint density at radius 2 is 1.74 bits per heavy atom. The Bertz CT molecular complexity index is 1120. The van der Waals surface area contributed by atoms with Crippen LogP contribution in [0.15, 0.2) is 64.0 Å². The van der Waals surface area contributed by atoms with E-state index in [1.807, 2.05) is 55.4 Å². The van der Waals surface area contributed by atoms with E-state index in [9.17, 15) is 8.42 Å². The zero-order chi connectivity index (χ0) is 22.0. The van der Waals surface area contributed by atoms with E-state index in [1.165, 1.54) is 10.5 Å². The molecule has 4 rings (SSSR count). The molecule has 1 fully saturated rings. The molecule has 0 atom stereocenters. The molecule has 1 aromatic carbocycles. The predicted molar refractivity (Wildman–Crippen MR) is 122 cm³/mol. The van der Waals surface area contributed by atoms with Crippen LogP contribution in [0.3, 0.4) is 0 Å². The Kier molecular flexibility index (Phi) is 6.34. The SMILES string of the molecule is CN1CCN(S(=O)(=O)c2ccc(N(C)Cc3ccc(-c4ccc(Cl)cc4)o3)nc2)CC1. The van der Waals surface area contributed by atoms with Crippen LogP contribution in [0.5, 0.6) is 0 Å². The highest BCUT2D eigenvalue weighted by molar-refractivity contribution is 7.89. The summed E-state index contributed by atoms with van der Waals surface area (Å²) in [5, 5.41) is 0.680. The second-order valence-corrected chi connectivity index (χ2v) is 10.1. The molecule has 3 heterocycles. The maximum atomic E-state index is 12.9. The van der Waals surface area contributed by atoms with Crippen LogP contribution in [0.2, 0.25) is 5.02 Å². The molecule has 0 saturated carbocycles. The maximum Gasteiger partial charge on any atom is 0.244 e. The van der Waals surface area contributed by atoms with Gasteiger partial charge in [-0.25, -0.2) is 13.4 Å². The van der Waals surface area contributed by atoms with Crippen molar-refractivity contribution in [3.8, 4) is 11.3 Å². The Morgan fingerprint density at radius 3 is 2.39 bits per heavy atom. The standard InChI is InChI=1S/C22H25ClN4O3S/c1-25-11-13-27(14-12-25)31(28,29)20-8-10-22(24-15-20)26(2)16-19-7-9-21(30-19)17-3-5-18(23)6-4-17/h3-10,15H,11-14,16H2,1-2H3. The molecular formula is C22H25ClN4O3S. The zero-order valence-electron chi connectivity index (χ0n) is 17.5. The number of nitrogens with zero attached hydrogens (tertiary/aromatic N) is 4. The Morgan fingerprint density at radius 1 is 1.03 bits per heavy atom. The van der Waals surface area contributed by atoms with E-state index in [1.54, 1.807) is 12.1 Å². The molecule has 1 aliphatic heterocycles. The molecule has 7 nitrogen and oxygen atoms in total. The maximum absolute atomic E-state index is 12.9. The highest BCUT2D eigenvalue weighted by Gasteiger charge is 2.27. The third-order valence-corrected chi connectivity index (χ3v) is 7.53. The van der Waals surface area contributed by atoms with Gasteiger partial charge in [-0.2, -0.15) is 4.31 Å². The molecule has 31 heavy (non-hydrogen) atoms. The Hall–Kier alpha value is -2.39. The molecule has 0 unspecified atom stereocenters. The van der Waals surface area contributed by atoms with Crippen molar-refractivity contribution in [2.45, 2.75) is 11.4 Å². The van der Waals surface area contributed by atoms with E-state index in [-0.39, 0.29) is 4.90 Å². The Balaban J connectivity index is 1.43. The summed E-state index contributed by atoms with van der Waals surface area (Å²) < 4.78 is 33.2. The monoisotopic (exact) mass is 460 g/mol. The first-order valence-corrected chi connectivity index (χ1v) is 11.9. The van der Waals surface area contributed by atoms with Crippen LogP contribution in [-0.2, 0) is 16.6 Å². The van der Waals surface area contributed by atoms with E-state index in [0.29, 0.717) is 30.5 Å². The molecule has 0 bridgehead atoms. The number of likely N-dealkylation sites (N-methyl/N-ethyl adjacent to an activating group) is 1. The van der Waals surface area contributed by atoms with E-state index in [0.717, 1.165) is 30.2 Å². The average molecular weight is 461 g/mol. The van der Waals surface area contributed by atoms with E-state index in [4.69, 9.17) is 16.0 Å². The molecule has 0 spiro atoms. The topological polar surface area (TPSA) is 69.9 Å². The molecule has 1 aliphatic rings. The highest BCUT2D eigenvalue weighted by atomic mass is 35.5. The minimum atomic E-state index is -3.52. The summed E-state index contributed by atoms with van der Waals surface area (Å²) in [6.07, 6.45) is 1.43. The van der Waals surface area contributed by atoms with Gasteiger partial charge in [0.15, 0.2) is 0 Å². The third kappa shape index (κ3) is 4.93. The first kappa shape index (κ1) is 21.8. The molecule has 0 radical (unpaired) electrons. The van der Waals surface area contributed by atoms with Crippen LogP contribution in [-0.4, -0.2) is 62.9 Å². The van der Waals surface area contributed by atoms with Gasteiger partial charge in [-0.15, -0.1) is 0 Å². The number of hydrogen-bond donors (Lipinski definition) is 0. The van der Waals surface area contributed by atoms with Crippen molar-refractivity contribution in [3.05, 3.63) is 65.5 Å². The van der Waals surface area contributed by atoms with Crippen LogP contribution in [0.4, 0.5) is 5.82 Å². The first-order chi connectivity index (χ1) is 14.8. The number of hydrogen-bond acceptors (Lipinski definition) is 6. The van der Waals surface area contributed by atoms with E-state index >= 15 is 0 Å². The van der Waals surface area contributed by atoms with Crippen LogP contribution in [0.25, 0.3) is 11.3 Å². The van der Waals surface area contributed by atoms with Gasteiger partial charge >= 0.3 is 0 Å². The molecular weight excluding hydrogens is 436 g/mol. The van der Waals surface area contributed by atoms with Crippen molar-refractivity contribution in [2.24, 2.45) is 0 Å². The number of furan rings is 1. The zero-order valence-corrected chi connectivity index (χ0v) is 19.1. The van der Waals surface area contributed by atoms with Gasteiger partial charge in [-0.1, -0.05) is 11.6 Å².